The van der Waals surface area contributed by atoms with Gasteiger partial charge in [-0.1, -0.05) is 23.8 Å². The van der Waals surface area contributed by atoms with E-state index < -0.39 is 0 Å². The van der Waals surface area contributed by atoms with Gasteiger partial charge in [0.15, 0.2) is 0 Å². The molecule has 0 spiro atoms. The number of aryl methyl sites for hydroxylation is 2. The number of urea groups is 1. The first-order valence-electron chi connectivity index (χ1n) is 7.34. The van der Waals surface area contributed by atoms with Crippen LogP contribution in [-0.2, 0) is 0 Å². The highest BCUT2D eigenvalue weighted by molar-refractivity contribution is 7.10. The first-order chi connectivity index (χ1) is 10.6. The van der Waals surface area contributed by atoms with Gasteiger partial charge >= 0.3 is 6.03 Å². The smallest absolute Gasteiger partial charge is 0.315 e. The number of nitrogens with one attached hydrogen (secondary N) is 2. The Hall–Kier alpha value is -2.01. The summed E-state index contributed by atoms with van der Waals surface area (Å²) in [6, 6.07) is 9.89. The molecule has 22 heavy (non-hydrogen) atoms. The molecule has 5 heteroatoms. The van der Waals surface area contributed by atoms with E-state index in [9.17, 15) is 4.79 Å². The highest BCUT2D eigenvalue weighted by Gasteiger charge is 2.09. The van der Waals surface area contributed by atoms with E-state index in [4.69, 9.17) is 4.74 Å². The first-order valence-corrected chi connectivity index (χ1v) is 8.22. The minimum absolute atomic E-state index is 0.0141. The van der Waals surface area contributed by atoms with Crippen LogP contribution in [0.1, 0.15) is 29.0 Å². The lowest BCUT2D eigenvalue weighted by molar-refractivity contribution is 0.233. The van der Waals surface area contributed by atoms with Crippen LogP contribution >= 0.6 is 11.3 Å². The molecule has 118 valence electrons. The van der Waals surface area contributed by atoms with Crippen LogP contribution in [0.15, 0.2) is 35.7 Å². The quantitative estimate of drug-likeness (QED) is 0.796. The molecule has 1 aromatic heterocycles. The Morgan fingerprint density at radius 3 is 2.82 bits per heavy atom. The fourth-order valence-electron chi connectivity index (χ4n) is 2.14. The molecule has 0 unspecified atom stereocenters. The van der Waals surface area contributed by atoms with Gasteiger partial charge in [0.05, 0.1) is 12.6 Å². The third-order valence-electron chi connectivity index (χ3n) is 3.29. The number of carbonyl (C=O) groups is 1. The molecular formula is C17H22N2O2S. The van der Waals surface area contributed by atoms with Crippen molar-refractivity contribution >= 4 is 17.4 Å². The lowest BCUT2D eigenvalue weighted by Gasteiger charge is -2.14. The van der Waals surface area contributed by atoms with Crippen LogP contribution in [0.5, 0.6) is 5.75 Å². The van der Waals surface area contributed by atoms with E-state index in [1.54, 1.807) is 11.3 Å². The third-order valence-corrected chi connectivity index (χ3v) is 4.35. The van der Waals surface area contributed by atoms with Crippen LogP contribution in [0.25, 0.3) is 0 Å². The molecular weight excluding hydrogens is 296 g/mol. The predicted octanol–water partition coefficient (Wildman–Crippen LogP) is 3.80. The van der Waals surface area contributed by atoms with Crippen molar-refractivity contribution < 1.29 is 9.53 Å². The maximum Gasteiger partial charge on any atom is 0.315 e. The molecule has 0 aliphatic rings. The Morgan fingerprint density at radius 1 is 1.32 bits per heavy atom. The zero-order valence-electron chi connectivity index (χ0n) is 13.2. The standard InChI is InChI=1S/C17H22N2O2S/c1-12-6-7-15(13(2)11-12)21-9-8-18-17(20)19-14(3)16-5-4-10-22-16/h4-7,10-11,14H,8-9H2,1-3H3,(H2,18,19,20)/t14-/m1/s1. The van der Waals surface area contributed by atoms with E-state index in [1.807, 2.05) is 43.5 Å². The molecule has 1 atom stereocenters. The second kappa shape index (κ2) is 7.84. The summed E-state index contributed by atoms with van der Waals surface area (Å²) < 4.78 is 5.68. The van der Waals surface area contributed by atoms with Gasteiger partial charge in [-0.05, 0) is 43.8 Å². The van der Waals surface area contributed by atoms with Crippen LogP contribution in [0, 0.1) is 13.8 Å². The number of thiophene rings is 1. The van der Waals surface area contributed by atoms with E-state index in [-0.39, 0.29) is 12.1 Å². The van der Waals surface area contributed by atoms with E-state index in [0.29, 0.717) is 13.2 Å². The topological polar surface area (TPSA) is 50.4 Å². The van der Waals surface area contributed by atoms with Gasteiger partial charge in [-0.2, -0.15) is 0 Å². The number of hydrogen-bond acceptors (Lipinski definition) is 3. The van der Waals surface area contributed by atoms with Gasteiger partial charge in [-0.15, -0.1) is 11.3 Å². The minimum atomic E-state index is -0.176. The van der Waals surface area contributed by atoms with Gasteiger partial charge in [0.25, 0.3) is 0 Å². The molecule has 0 radical (unpaired) electrons. The fourth-order valence-corrected chi connectivity index (χ4v) is 2.88. The summed E-state index contributed by atoms with van der Waals surface area (Å²) in [4.78, 5) is 12.9. The summed E-state index contributed by atoms with van der Waals surface area (Å²) in [5, 5.41) is 7.71. The second-order valence-electron chi connectivity index (χ2n) is 5.25. The summed E-state index contributed by atoms with van der Waals surface area (Å²) in [6.07, 6.45) is 0. The molecule has 0 fully saturated rings. The maximum absolute atomic E-state index is 11.8. The Kier molecular flexibility index (Phi) is 5.83. The molecule has 2 rings (SSSR count). The Bertz CT molecular complexity index is 611. The Morgan fingerprint density at radius 2 is 2.14 bits per heavy atom. The number of ether oxygens (including phenoxy) is 1. The highest BCUT2D eigenvalue weighted by Crippen LogP contribution is 2.19. The van der Waals surface area contributed by atoms with Crippen LogP contribution in [-0.4, -0.2) is 19.2 Å². The molecule has 0 saturated heterocycles. The summed E-state index contributed by atoms with van der Waals surface area (Å²) in [6.45, 7) is 6.96. The van der Waals surface area contributed by atoms with Crippen LogP contribution in [0.3, 0.4) is 0 Å². The van der Waals surface area contributed by atoms with E-state index >= 15 is 0 Å². The largest absolute Gasteiger partial charge is 0.491 e. The number of amides is 2. The van der Waals surface area contributed by atoms with Crippen molar-refractivity contribution in [2.75, 3.05) is 13.2 Å². The zero-order valence-corrected chi connectivity index (χ0v) is 14.0. The molecule has 0 bridgehead atoms. The van der Waals surface area contributed by atoms with Crippen molar-refractivity contribution in [3.05, 3.63) is 51.7 Å². The van der Waals surface area contributed by atoms with Crippen LogP contribution in [0.2, 0.25) is 0 Å². The zero-order chi connectivity index (χ0) is 15.9. The molecule has 0 aliphatic carbocycles. The van der Waals surface area contributed by atoms with Gasteiger partial charge in [0.1, 0.15) is 12.4 Å². The highest BCUT2D eigenvalue weighted by atomic mass is 32.1. The second-order valence-corrected chi connectivity index (χ2v) is 6.23. The van der Waals surface area contributed by atoms with Crippen molar-refractivity contribution in [1.82, 2.24) is 10.6 Å². The molecule has 2 amide bonds. The number of benzene rings is 1. The lowest BCUT2D eigenvalue weighted by atomic mass is 10.1. The molecule has 2 N–H and O–H groups in total. The summed E-state index contributed by atoms with van der Waals surface area (Å²) in [5.41, 5.74) is 2.32. The van der Waals surface area contributed by atoms with E-state index in [0.717, 1.165) is 16.2 Å². The monoisotopic (exact) mass is 318 g/mol. The summed E-state index contributed by atoms with van der Waals surface area (Å²) in [7, 11) is 0. The first kappa shape index (κ1) is 16.4. The lowest BCUT2D eigenvalue weighted by Crippen LogP contribution is -2.38. The van der Waals surface area contributed by atoms with E-state index in [2.05, 4.69) is 23.6 Å². The number of rotatable bonds is 6. The van der Waals surface area contributed by atoms with Crippen molar-refractivity contribution in [3.63, 3.8) is 0 Å². The average molecular weight is 318 g/mol. The normalized spacial score (nSPS) is 11.8. The van der Waals surface area contributed by atoms with Crippen molar-refractivity contribution in [3.8, 4) is 5.75 Å². The van der Waals surface area contributed by atoms with Crippen molar-refractivity contribution in [2.24, 2.45) is 0 Å². The van der Waals surface area contributed by atoms with Gasteiger partial charge in [-0.3, -0.25) is 0 Å². The molecule has 2 aromatic rings. The molecule has 1 heterocycles. The van der Waals surface area contributed by atoms with E-state index in [1.165, 1.54) is 5.56 Å². The van der Waals surface area contributed by atoms with Crippen molar-refractivity contribution in [2.45, 2.75) is 26.8 Å². The van der Waals surface area contributed by atoms with Gasteiger partial charge in [0.2, 0.25) is 0 Å². The molecule has 0 aliphatic heterocycles. The molecule has 0 saturated carbocycles. The van der Waals surface area contributed by atoms with Crippen molar-refractivity contribution in [1.29, 1.82) is 0 Å². The van der Waals surface area contributed by atoms with Gasteiger partial charge in [-0.25, -0.2) is 4.79 Å². The Balaban J connectivity index is 1.69. The average Bonchev–Trinajstić information content (AvgIpc) is 2.99. The maximum atomic E-state index is 11.8. The fraction of sp³-hybridized carbons (Fsp3) is 0.353. The summed E-state index contributed by atoms with van der Waals surface area (Å²) >= 11 is 1.63. The minimum Gasteiger partial charge on any atom is -0.491 e. The van der Waals surface area contributed by atoms with Crippen LogP contribution in [0.4, 0.5) is 4.79 Å². The van der Waals surface area contributed by atoms with Crippen LogP contribution < -0.4 is 15.4 Å². The summed E-state index contributed by atoms with van der Waals surface area (Å²) in [5.74, 6) is 0.861. The third kappa shape index (κ3) is 4.77. The SMILES string of the molecule is Cc1ccc(OCCNC(=O)N[C@H](C)c2cccs2)c(C)c1. The number of carbonyl (C=O) groups excluding carboxylic acids is 1. The van der Waals surface area contributed by atoms with Gasteiger partial charge < -0.3 is 15.4 Å². The Labute approximate surface area is 135 Å². The molecule has 1 aromatic carbocycles. The van der Waals surface area contributed by atoms with Gasteiger partial charge in [0, 0.05) is 4.88 Å². The number of hydrogen-bond donors (Lipinski definition) is 2. The molecule has 4 nitrogen and oxygen atoms in total. The predicted molar refractivity (Wildman–Crippen MR) is 90.7 cm³/mol.